The number of alkyl halides is 2. The van der Waals surface area contributed by atoms with Gasteiger partial charge in [-0.3, -0.25) is 9.59 Å². The van der Waals surface area contributed by atoms with Crippen LogP contribution < -0.4 is 14.8 Å². The number of rotatable bonds is 8. The summed E-state index contributed by atoms with van der Waals surface area (Å²) in [7, 11) is 1.24. The number of Topliss-reactive ketones (excluding diaryl/α,β-unsaturated/α-hetero) is 1. The van der Waals surface area contributed by atoms with Crippen LogP contribution in [0, 0.1) is 5.41 Å². The number of hydrogen-bond acceptors (Lipinski definition) is 6. The van der Waals surface area contributed by atoms with Gasteiger partial charge in [-0.15, -0.1) is 0 Å². The van der Waals surface area contributed by atoms with Gasteiger partial charge < -0.3 is 19.5 Å². The molecule has 0 radical (unpaired) electrons. The number of hydrogen-bond donors (Lipinski definition) is 1. The predicted molar refractivity (Wildman–Crippen MR) is 113 cm³/mol. The standard InChI is InChI=1S/C23H25F2NO6/c1-13(19(27)14-6-9-16(10-7-14)26-21(29)23(2,3)4)31-20(28)15-8-11-17(32-22(24)25)18(12-15)30-5/h6-13,22H,1-5H3,(H,26,29). The number of benzene rings is 2. The highest BCUT2D eigenvalue weighted by Crippen LogP contribution is 2.30. The zero-order valence-electron chi connectivity index (χ0n) is 18.4. The fourth-order valence-electron chi connectivity index (χ4n) is 2.54. The van der Waals surface area contributed by atoms with Gasteiger partial charge in [0.1, 0.15) is 0 Å². The number of ketones is 1. The molecule has 0 aliphatic rings. The topological polar surface area (TPSA) is 90.9 Å². The molecule has 0 fully saturated rings. The third-order valence-corrected chi connectivity index (χ3v) is 4.38. The van der Waals surface area contributed by atoms with E-state index in [0.29, 0.717) is 5.69 Å². The Hall–Kier alpha value is -3.49. The van der Waals surface area contributed by atoms with Crippen LogP contribution in [-0.2, 0) is 9.53 Å². The van der Waals surface area contributed by atoms with E-state index in [0.717, 1.165) is 6.07 Å². The van der Waals surface area contributed by atoms with Gasteiger partial charge in [-0.2, -0.15) is 8.78 Å². The first kappa shape index (κ1) is 24.8. The number of anilines is 1. The summed E-state index contributed by atoms with van der Waals surface area (Å²) in [5.74, 6) is -1.76. The Labute approximate surface area is 184 Å². The quantitative estimate of drug-likeness (QED) is 0.464. The zero-order chi connectivity index (χ0) is 24.1. The first-order chi connectivity index (χ1) is 14.9. The van der Waals surface area contributed by atoms with Crippen LogP contribution in [0.4, 0.5) is 14.5 Å². The normalized spacial score (nSPS) is 12.1. The van der Waals surface area contributed by atoms with Crippen molar-refractivity contribution < 1.29 is 37.4 Å². The van der Waals surface area contributed by atoms with Gasteiger partial charge in [0, 0.05) is 16.7 Å². The lowest BCUT2D eigenvalue weighted by Gasteiger charge is -2.18. The highest BCUT2D eigenvalue weighted by Gasteiger charge is 2.23. The van der Waals surface area contributed by atoms with Gasteiger partial charge in [-0.25, -0.2) is 4.79 Å². The molecule has 0 aromatic heterocycles. The monoisotopic (exact) mass is 449 g/mol. The number of amides is 1. The molecule has 0 saturated carbocycles. The lowest BCUT2D eigenvalue weighted by atomic mass is 9.95. The third-order valence-electron chi connectivity index (χ3n) is 4.38. The molecule has 2 rings (SSSR count). The van der Waals surface area contributed by atoms with Gasteiger partial charge in [0.05, 0.1) is 12.7 Å². The molecule has 2 aromatic rings. The molecule has 1 atom stereocenters. The maximum absolute atomic E-state index is 12.6. The smallest absolute Gasteiger partial charge is 0.387 e. The molecule has 9 heteroatoms. The van der Waals surface area contributed by atoms with Crippen molar-refractivity contribution in [3.05, 3.63) is 53.6 Å². The Balaban J connectivity index is 2.05. The SMILES string of the molecule is COc1cc(C(=O)OC(C)C(=O)c2ccc(NC(=O)C(C)(C)C)cc2)ccc1OC(F)F. The average molecular weight is 449 g/mol. The molecule has 0 aliphatic heterocycles. The zero-order valence-corrected chi connectivity index (χ0v) is 18.4. The first-order valence-corrected chi connectivity index (χ1v) is 9.72. The Bertz CT molecular complexity index is 983. The summed E-state index contributed by atoms with van der Waals surface area (Å²) in [6.07, 6.45) is -1.11. The lowest BCUT2D eigenvalue weighted by Crippen LogP contribution is -2.27. The molecule has 0 saturated heterocycles. The molecule has 32 heavy (non-hydrogen) atoms. The molecule has 0 spiro atoms. The van der Waals surface area contributed by atoms with Crippen molar-refractivity contribution in [1.82, 2.24) is 0 Å². The highest BCUT2D eigenvalue weighted by atomic mass is 19.3. The molecule has 2 aromatic carbocycles. The van der Waals surface area contributed by atoms with Crippen molar-refractivity contribution in [2.45, 2.75) is 40.4 Å². The summed E-state index contributed by atoms with van der Waals surface area (Å²) in [5, 5.41) is 2.75. The number of methoxy groups -OCH3 is 1. The van der Waals surface area contributed by atoms with Gasteiger partial charge in [0.2, 0.25) is 11.7 Å². The van der Waals surface area contributed by atoms with Crippen LogP contribution in [0.5, 0.6) is 11.5 Å². The Morgan fingerprint density at radius 2 is 1.53 bits per heavy atom. The van der Waals surface area contributed by atoms with Crippen LogP contribution in [0.15, 0.2) is 42.5 Å². The van der Waals surface area contributed by atoms with Gasteiger partial charge in [0.25, 0.3) is 0 Å². The van der Waals surface area contributed by atoms with E-state index in [4.69, 9.17) is 9.47 Å². The van der Waals surface area contributed by atoms with E-state index >= 15 is 0 Å². The average Bonchev–Trinajstić information content (AvgIpc) is 2.72. The van der Waals surface area contributed by atoms with Crippen LogP contribution in [0.2, 0.25) is 0 Å². The van der Waals surface area contributed by atoms with Gasteiger partial charge in [-0.1, -0.05) is 20.8 Å². The van der Waals surface area contributed by atoms with E-state index in [1.807, 2.05) is 0 Å². The highest BCUT2D eigenvalue weighted by molar-refractivity contribution is 6.02. The van der Waals surface area contributed by atoms with Gasteiger partial charge in [0.15, 0.2) is 17.6 Å². The molecule has 172 valence electrons. The summed E-state index contributed by atoms with van der Waals surface area (Å²) >= 11 is 0. The molecular formula is C23H25F2NO6. The Kier molecular flexibility index (Phi) is 7.91. The number of nitrogens with one attached hydrogen (secondary N) is 1. The summed E-state index contributed by atoms with van der Waals surface area (Å²) in [4.78, 5) is 37.1. The maximum Gasteiger partial charge on any atom is 0.387 e. The third kappa shape index (κ3) is 6.50. The second kappa shape index (κ2) is 10.2. The van der Waals surface area contributed by atoms with E-state index in [1.54, 1.807) is 32.9 Å². The van der Waals surface area contributed by atoms with Crippen molar-refractivity contribution in [3.8, 4) is 11.5 Å². The summed E-state index contributed by atoms with van der Waals surface area (Å²) in [6.45, 7) is 3.72. The Morgan fingerprint density at radius 1 is 0.938 bits per heavy atom. The number of ether oxygens (including phenoxy) is 3. The number of esters is 1. The molecule has 1 unspecified atom stereocenters. The van der Waals surface area contributed by atoms with Crippen molar-refractivity contribution >= 4 is 23.3 Å². The number of carbonyl (C=O) groups excluding carboxylic acids is 3. The maximum atomic E-state index is 12.6. The minimum atomic E-state index is -3.05. The van der Waals surface area contributed by atoms with Crippen molar-refractivity contribution in [3.63, 3.8) is 0 Å². The number of carbonyl (C=O) groups is 3. The molecule has 7 nitrogen and oxygen atoms in total. The fraction of sp³-hybridized carbons (Fsp3) is 0.348. The molecule has 0 heterocycles. The van der Waals surface area contributed by atoms with Gasteiger partial charge >= 0.3 is 12.6 Å². The van der Waals surface area contributed by atoms with E-state index < -0.39 is 29.9 Å². The second-order valence-corrected chi connectivity index (χ2v) is 7.94. The molecule has 1 N–H and O–H groups in total. The Morgan fingerprint density at radius 3 is 2.06 bits per heavy atom. The lowest BCUT2D eigenvalue weighted by molar-refractivity contribution is -0.123. The molecule has 0 aliphatic carbocycles. The summed E-state index contributed by atoms with van der Waals surface area (Å²) < 4.78 is 39.3. The summed E-state index contributed by atoms with van der Waals surface area (Å²) in [5.41, 5.74) is 0.258. The van der Waals surface area contributed by atoms with Crippen LogP contribution in [0.25, 0.3) is 0 Å². The van der Waals surface area contributed by atoms with E-state index in [9.17, 15) is 23.2 Å². The molecule has 0 bridgehead atoms. The first-order valence-electron chi connectivity index (χ1n) is 9.72. The summed E-state index contributed by atoms with van der Waals surface area (Å²) in [6, 6.07) is 9.76. The van der Waals surface area contributed by atoms with Crippen molar-refractivity contribution in [2.24, 2.45) is 5.41 Å². The van der Waals surface area contributed by atoms with Crippen LogP contribution in [-0.4, -0.2) is 37.5 Å². The molecule has 1 amide bonds. The minimum Gasteiger partial charge on any atom is -0.493 e. The largest absolute Gasteiger partial charge is 0.493 e. The predicted octanol–water partition coefficient (Wildman–Crippen LogP) is 4.71. The van der Waals surface area contributed by atoms with Crippen molar-refractivity contribution in [1.29, 1.82) is 0 Å². The van der Waals surface area contributed by atoms with Crippen LogP contribution >= 0.6 is 0 Å². The van der Waals surface area contributed by atoms with E-state index in [2.05, 4.69) is 10.1 Å². The van der Waals surface area contributed by atoms with E-state index in [-0.39, 0.29) is 28.5 Å². The fourth-order valence-corrected chi connectivity index (χ4v) is 2.54. The van der Waals surface area contributed by atoms with Crippen LogP contribution in [0.3, 0.4) is 0 Å². The second-order valence-electron chi connectivity index (χ2n) is 7.94. The van der Waals surface area contributed by atoms with Crippen molar-refractivity contribution in [2.75, 3.05) is 12.4 Å². The minimum absolute atomic E-state index is 0.00311. The van der Waals surface area contributed by atoms with Gasteiger partial charge in [-0.05, 0) is 49.4 Å². The number of halogens is 2. The van der Waals surface area contributed by atoms with Crippen LogP contribution in [0.1, 0.15) is 48.4 Å². The van der Waals surface area contributed by atoms with E-state index in [1.165, 1.54) is 38.3 Å². The molecular weight excluding hydrogens is 424 g/mol.